The first-order valence-corrected chi connectivity index (χ1v) is 15.8. The van der Waals surface area contributed by atoms with Gasteiger partial charge in [-0.3, -0.25) is 4.79 Å². The number of hydrogen-bond donors (Lipinski definition) is 2. The second-order valence-electron chi connectivity index (χ2n) is 12.2. The highest BCUT2D eigenvalue weighted by atomic mass is 19.1. The van der Waals surface area contributed by atoms with E-state index >= 15 is 0 Å². The zero-order valence-electron chi connectivity index (χ0n) is 27.7. The number of nitrogens with one attached hydrogen (secondary N) is 1. The van der Waals surface area contributed by atoms with Crippen molar-refractivity contribution in [3.8, 4) is 0 Å². The molecule has 2 aromatic carbocycles. The molecule has 0 aliphatic heterocycles. The molecule has 46 heavy (non-hydrogen) atoms. The van der Waals surface area contributed by atoms with Crippen molar-refractivity contribution in [2.75, 3.05) is 13.2 Å². The van der Waals surface area contributed by atoms with E-state index in [4.69, 9.17) is 9.63 Å². The van der Waals surface area contributed by atoms with Gasteiger partial charge in [0.25, 0.3) is 5.91 Å². The molecule has 0 aliphatic rings. The van der Waals surface area contributed by atoms with Crippen LogP contribution in [0.5, 0.6) is 0 Å². The number of halogens is 2. The van der Waals surface area contributed by atoms with Gasteiger partial charge in [-0.1, -0.05) is 100 Å². The molecule has 0 spiro atoms. The molecular formula is C39H46F2N2O3. The highest BCUT2D eigenvalue weighted by molar-refractivity contribution is 5.94. The van der Waals surface area contributed by atoms with Crippen molar-refractivity contribution in [1.29, 1.82) is 0 Å². The summed E-state index contributed by atoms with van der Waals surface area (Å²) in [5, 5.41) is 16.1. The third-order valence-electron chi connectivity index (χ3n) is 7.72. The van der Waals surface area contributed by atoms with Crippen LogP contribution in [0.4, 0.5) is 8.78 Å². The Morgan fingerprint density at radius 3 is 2.37 bits per heavy atom. The van der Waals surface area contributed by atoms with Gasteiger partial charge in [-0.25, -0.2) is 8.78 Å². The number of aliphatic hydroxyl groups is 1. The second kappa shape index (κ2) is 17.4. The molecule has 5 nitrogen and oxygen atoms in total. The van der Waals surface area contributed by atoms with Gasteiger partial charge in [0.1, 0.15) is 11.7 Å². The quantitative estimate of drug-likeness (QED) is 0.175. The molecule has 0 aliphatic carbocycles. The first-order valence-electron chi connectivity index (χ1n) is 15.8. The van der Waals surface area contributed by atoms with Crippen molar-refractivity contribution in [3.05, 3.63) is 142 Å². The van der Waals surface area contributed by atoms with Gasteiger partial charge in [-0.05, 0) is 71.7 Å². The van der Waals surface area contributed by atoms with Gasteiger partial charge in [0.05, 0.1) is 12.3 Å². The SMILES string of the molecule is C\C=C(/C=C\C=C\c1cc(C(Cc2ccc(C(=O)NCCO)cc2)c2ccc(C(C)(C)C)cc2)no1)C(C)/C(F)=C\C(F)=C/CC. The van der Waals surface area contributed by atoms with E-state index in [0.717, 1.165) is 28.5 Å². The molecule has 3 rings (SSSR count). The van der Waals surface area contributed by atoms with Crippen molar-refractivity contribution in [2.45, 2.75) is 65.7 Å². The number of carbonyl (C=O) groups is 1. The molecule has 1 heterocycles. The number of aromatic nitrogens is 1. The zero-order chi connectivity index (χ0) is 33.7. The van der Waals surface area contributed by atoms with Crippen molar-refractivity contribution in [2.24, 2.45) is 5.92 Å². The topological polar surface area (TPSA) is 75.4 Å². The minimum atomic E-state index is -0.586. The molecule has 244 valence electrons. The second-order valence-corrected chi connectivity index (χ2v) is 12.2. The number of carbonyl (C=O) groups excluding carboxylic acids is 1. The lowest BCUT2D eigenvalue weighted by molar-refractivity contribution is 0.0944. The normalized spacial score (nSPS) is 14.7. The molecule has 0 radical (unpaired) electrons. The molecule has 0 fully saturated rings. The Kier molecular flexibility index (Phi) is 13.6. The first-order chi connectivity index (χ1) is 22.0. The van der Waals surface area contributed by atoms with Crippen molar-refractivity contribution in [1.82, 2.24) is 10.5 Å². The Balaban J connectivity index is 1.82. The van der Waals surface area contributed by atoms with E-state index in [9.17, 15) is 13.6 Å². The predicted molar refractivity (Wildman–Crippen MR) is 183 cm³/mol. The van der Waals surface area contributed by atoms with E-state index < -0.39 is 17.6 Å². The smallest absolute Gasteiger partial charge is 0.251 e. The summed E-state index contributed by atoms with van der Waals surface area (Å²) in [5.41, 5.74) is 5.40. The fraction of sp³-hybridized carbons (Fsp3) is 0.333. The number of allylic oxidation sites excluding steroid dienone is 9. The van der Waals surface area contributed by atoms with Crippen LogP contribution in [0.3, 0.4) is 0 Å². The fourth-order valence-corrected chi connectivity index (χ4v) is 4.93. The Morgan fingerprint density at radius 2 is 1.76 bits per heavy atom. The Morgan fingerprint density at radius 1 is 1.07 bits per heavy atom. The van der Waals surface area contributed by atoms with Crippen LogP contribution in [0.15, 0.2) is 113 Å². The van der Waals surface area contributed by atoms with Gasteiger partial charge in [0.15, 0.2) is 5.76 Å². The maximum atomic E-state index is 14.6. The fourth-order valence-electron chi connectivity index (χ4n) is 4.93. The number of aliphatic hydroxyl groups excluding tert-OH is 1. The number of benzene rings is 2. The number of nitrogens with zero attached hydrogens (tertiary/aromatic N) is 1. The van der Waals surface area contributed by atoms with E-state index in [2.05, 4.69) is 55.5 Å². The molecule has 3 aromatic rings. The molecule has 2 N–H and O–H groups in total. The molecule has 0 saturated heterocycles. The Hall–Kier alpha value is -4.36. The van der Waals surface area contributed by atoms with Gasteiger partial charge in [0.2, 0.25) is 0 Å². The largest absolute Gasteiger partial charge is 0.395 e. The summed E-state index contributed by atoms with van der Waals surface area (Å²) >= 11 is 0. The number of hydrogen-bond acceptors (Lipinski definition) is 4. The third-order valence-corrected chi connectivity index (χ3v) is 7.72. The van der Waals surface area contributed by atoms with Crippen LogP contribution in [0.25, 0.3) is 6.08 Å². The van der Waals surface area contributed by atoms with Crippen LogP contribution in [0, 0.1) is 5.92 Å². The highest BCUT2D eigenvalue weighted by Crippen LogP contribution is 2.31. The van der Waals surface area contributed by atoms with Gasteiger partial charge in [-0.15, -0.1) is 0 Å². The number of rotatable bonds is 14. The van der Waals surface area contributed by atoms with E-state index in [1.54, 1.807) is 56.4 Å². The predicted octanol–water partition coefficient (Wildman–Crippen LogP) is 9.34. The molecule has 0 saturated carbocycles. The van der Waals surface area contributed by atoms with Gasteiger partial charge < -0.3 is 14.9 Å². The van der Waals surface area contributed by atoms with Gasteiger partial charge in [0, 0.05) is 36.1 Å². The average Bonchev–Trinajstić information content (AvgIpc) is 3.50. The van der Waals surface area contributed by atoms with E-state index in [-0.39, 0.29) is 30.4 Å². The summed E-state index contributed by atoms with van der Waals surface area (Å²) in [4.78, 5) is 12.3. The van der Waals surface area contributed by atoms with Crippen molar-refractivity contribution >= 4 is 12.0 Å². The molecule has 0 bridgehead atoms. The maximum Gasteiger partial charge on any atom is 0.251 e. The zero-order valence-corrected chi connectivity index (χ0v) is 27.7. The Bertz CT molecular complexity index is 1570. The third kappa shape index (κ3) is 10.6. The van der Waals surface area contributed by atoms with E-state index in [0.29, 0.717) is 24.2 Å². The van der Waals surface area contributed by atoms with Crippen molar-refractivity contribution < 1.29 is 23.2 Å². The molecule has 7 heteroatoms. The van der Waals surface area contributed by atoms with Crippen LogP contribution in [0.1, 0.15) is 92.4 Å². The van der Waals surface area contributed by atoms with Crippen LogP contribution >= 0.6 is 0 Å². The highest BCUT2D eigenvalue weighted by Gasteiger charge is 2.21. The molecule has 2 atom stereocenters. The first kappa shape index (κ1) is 36.1. The van der Waals surface area contributed by atoms with Crippen molar-refractivity contribution in [3.63, 3.8) is 0 Å². The van der Waals surface area contributed by atoms with Crippen LogP contribution in [-0.4, -0.2) is 29.3 Å². The summed E-state index contributed by atoms with van der Waals surface area (Å²) in [7, 11) is 0. The molecule has 1 aromatic heterocycles. The van der Waals surface area contributed by atoms with Crippen LogP contribution < -0.4 is 5.32 Å². The average molecular weight is 629 g/mol. The van der Waals surface area contributed by atoms with E-state index in [1.807, 2.05) is 25.1 Å². The van der Waals surface area contributed by atoms with Crippen LogP contribution in [0.2, 0.25) is 0 Å². The molecule has 2 unspecified atom stereocenters. The molecule has 1 amide bonds. The summed E-state index contributed by atoms with van der Waals surface area (Å²) < 4.78 is 34.0. The molecular weight excluding hydrogens is 582 g/mol. The summed E-state index contributed by atoms with van der Waals surface area (Å²) in [6, 6.07) is 17.9. The van der Waals surface area contributed by atoms with E-state index in [1.165, 1.54) is 11.6 Å². The summed E-state index contributed by atoms with van der Waals surface area (Å²) in [6.45, 7) is 12.0. The minimum absolute atomic E-state index is 0.0226. The standard InChI is InChI=1S/C39H46F2N2O3/c1-7-11-33(40)25-36(41)27(3)29(8-2)12-9-10-13-34-26-37(43-46-34)35(30-18-20-32(21-19-30)39(4,5)6)24-28-14-16-31(17-15-28)38(45)42-22-23-44/h8-21,25-27,35,44H,7,22-24H2,1-6H3,(H,42,45)/b12-9-,13-10+,29-8+,33-11+,36-25+. The minimum Gasteiger partial charge on any atom is -0.395 e. The number of amides is 1. The summed E-state index contributed by atoms with van der Waals surface area (Å²) in [5.74, 6) is -1.46. The maximum absolute atomic E-state index is 14.6. The lowest BCUT2D eigenvalue weighted by Gasteiger charge is -2.21. The lowest BCUT2D eigenvalue weighted by atomic mass is 9.83. The lowest BCUT2D eigenvalue weighted by Crippen LogP contribution is -2.26. The Labute approximate surface area is 272 Å². The van der Waals surface area contributed by atoms with Gasteiger partial charge in [-0.2, -0.15) is 0 Å². The van der Waals surface area contributed by atoms with Gasteiger partial charge >= 0.3 is 0 Å². The van der Waals surface area contributed by atoms with Crippen LogP contribution in [-0.2, 0) is 11.8 Å². The monoisotopic (exact) mass is 628 g/mol. The summed E-state index contributed by atoms with van der Waals surface area (Å²) in [6.07, 6.45) is 12.4.